The number of benzene rings is 2. The van der Waals surface area contributed by atoms with E-state index in [1.165, 1.54) is 0 Å². The van der Waals surface area contributed by atoms with Gasteiger partial charge in [-0.05, 0) is 36.8 Å². The number of hydrogen-bond acceptors (Lipinski definition) is 4. The minimum Gasteiger partial charge on any atom is -0.484 e. The number of ether oxygens (including phenoxy) is 1. The highest BCUT2D eigenvalue weighted by Crippen LogP contribution is 2.10. The molecular weight excluding hydrogens is 370 g/mol. The second kappa shape index (κ2) is 10.3. The fourth-order valence-electron chi connectivity index (χ4n) is 2.15. The lowest BCUT2D eigenvalue weighted by Gasteiger charge is -2.14. The Morgan fingerprint density at radius 3 is 2.41 bits per heavy atom. The first-order valence-corrected chi connectivity index (χ1v) is 9.26. The molecule has 0 aliphatic rings. The highest BCUT2D eigenvalue weighted by Gasteiger charge is 2.15. The summed E-state index contributed by atoms with van der Waals surface area (Å²) < 4.78 is 27.1. The van der Waals surface area contributed by atoms with E-state index in [-0.39, 0.29) is 19.1 Å². The van der Waals surface area contributed by atoms with Crippen LogP contribution in [0.4, 0.5) is 5.69 Å². The quantitative estimate of drug-likeness (QED) is 0.483. The SMILES string of the molecule is CC(NC(=O)COc1ccccc1)C(=O)NCc1ccc(NS(=O)O)cc1. The van der Waals surface area contributed by atoms with E-state index in [9.17, 15) is 13.8 Å². The first-order valence-electron chi connectivity index (χ1n) is 8.15. The number of carbonyl (C=O) groups excluding carboxylic acids is 2. The Morgan fingerprint density at radius 2 is 1.78 bits per heavy atom. The molecule has 9 heteroatoms. The number of rotatable bonds is 9. The van der Waals surface area contributed by atoms with Gasteiger partial charge in [-0.2, -0.15) is 0 Å². The molecule has 0 aliphatic carbocycles. The lowest BCUT2D eigenvalue weighted by Crippen LogP contribution is -2.46. The molecule has 0 radical (unpaired) electrons. The van der Waals surface area contributed by atoms with E-state index < -0.39 is 23.2 Å². The van der Waals surface area contributed by atoms with E-state index in [2.05, 4.69) is 15.4 Å². The third-order valence-electron chi connectivity index (χ3n) is 3.51. The van der Waals surface area contributed by atoms with Gasteiger partial charge in [0.25, 0.3) is 17.2 Å². The summed E-state index contributed by atoms with van der Waals surface area (Å²) in [5, 5.41) is 5.28. The largest absolute Gasteiger partial charge is 0.484 e. The summed E-state index contributed by atoms with van der Waals surface area (Å²) >= 11 is -2.13. The zero-order valence-corrected chi connectivity index (χ0v) is 15.5. The maximum Gasteiger partial charge on any atom is 0.259 e. The van der Waals surface area contributed by atoms with Crippen LogP contribution in [0, 0.1) is 0 Å². The fraction of sp³-hybridized carbons (Fsp3) is 0.222. The van der Waals surface area contributed by atoms with E-state index in [0.717, 1.165) is 5.56 Å². The number of anilines is 1. The van der Waals surface area contributed by atoms with Crippen molar-refractivity contribution < 1.29 is 23.1 Å². The van der Waals surface area contributed by atoms with Gasteiger partial charge in [0.1, 0.15) is 11.8 Å². The maximum atomic E-state index is 12.1. The third kappa shape index (κ3) is 7.47. The predicted octanol–water partition coefficient (Wildman–Crippen LogP) is 1.44. The number of amides is 2. The van der Waals surface area contributed by atoms with Crippen LogP contribution in [0.5, 0.6) is 5.75 Å². The van der Waals surface area contributed by atoms with Gasteiger partial charge in [-0.15, -0.1) is 0 Å². The molecule has 0 bridgehead atoms. The van der Waals surface area contributed by atoms with Crippen molar-refractivity contribution in [3.05, 3.63) is 60.2 Å². The summed E-state index contributed by atoms with van der Waals surface area (Å²) in [6.07, 6.45) is 0. The molecule has 0 saturated carbocycles. The predicted molar refractivity (Wildman–Crippen MR) is 102 cm³/mol. The average molecular weight is 391 g/mol. The Morgan fingerprint density at radius 1 is 1.11 bits per heavy atom. The molecule has 8 nitrogen and oxygen atoms in total. The Balaban J connectivity index is 1.73. The maximum absolute atomic E-state index is 12.1. The van der Waals surface area contributed by atoms with Crippen LogP contribution in [0.25, 0.3) is 0 Å². The molecule has 0 spiro atoms. The first-order chi connectivity index (χ1) is 12.9. The van der Waals surface area contributed by atoms with Gasteiger partial charge in [0, 0.05) is 12.2 Å². The van der Waals surface area contributed by atoms with E-state index in [4.69, 9.17) is 9.29 Å². The van der Waals surface area contributed by atoms with E-state index in [1.54, 1.807) is 55.5 Å². The van der Waals surface area contributed by atoms with Crippen LogP contribution >= 0.6 is 0 Å². The van der Waals surface area contributed by atoms with Crippen molar-refractivity contribution >= 4 is 28.8 Å². The summed E-state index contributed by atoms with van der Waals surface area (Å²) in [6, 6.07) is 14.9. The van der Waals surface area contributed by atoms with Gasteiger partial charge in [-0.1, -0.05) is 30.3 Å². The third-order valence-corrected chi connectivity index (χ3v) is 3.92. The van der Waals surface area contributed by atoms with Crippen LogP contribution < -0.4 is 20.1 Å². The minimum absolute atomic E-state index is 0.178. The van der Waals surface area contributed by atoms with E-state index in [1.807, 2.05) is 6.07 Å². The average Bonchev–Trinajstić information content (AvgIpc) is 2.66. The molecule has 2 unspecified atom stereocenters. The van der Waals surface area contributed by atoms with Crippen molar-refractivity contribution in [2.45, 2.75) is 19.5 Å². The van der Waals surface area contributed by atoms with Crippen LogP contribution in [-0.2, 0) is 27.4 Å². The molecule has 2 aromatic rings. The number of hydrogen-bond donors (Lipinski definition) is 4. The number of nitrogens with one attached hydrogen (secondary N) is 3. The minimum atomic E-state index is -2.13. The van der Waals surface area contributed by atoms with Gasteiger partial charge in [-0.25, -0.2) is 4.21 Å². The molecule has 0 fully saturated rings. The molecule has 0 aliphatic heterocycles. The second-order valence-electron chi connectivity index (χ2n) is 5.66. The standard InChI is InChI=1S/C18H21N3O5S/c1-13(20-17(22)12-26-16-5-3-2-4-6-16)18(23)19-11-14-7-9-15(10-8-14)21-27(24)25/h2-10,13,21H,11-12H2,1H3,(H,19,23)(H,20,22)(H,24,25). The molecule has 144 valence electrons. The van der Waals surface area contributed by atoms with Crippen molar-refractivity contribution in [1.82, 2.24) is 10.6 Å². The topological polar surface area (TPSA) is 117 Å². The summed E-state index contributed by atoms with van der Waals surface area (Å²) in [5.41, 5.74) is 1.30. The molecule has 0 aromatic heterocycles. The van der Waals surface area contributed by atoms with Crippen LogP contribution in [0.15, 0.2) is 54.6 Å². The van der Waals surface area contributed by atoms with Crippen LogP contribution in [0.1, 0.15) is 12.5 Å². The molecule has 2 rings (SSSR count). The van der Waals surface area contributed by atoms with Gasteiger partial charge >= 0.3 is 0 Å². The van der Waals surface area contributed by atoms with Crippen LogP contribution in [-0.4, -0.2) is 33.2 Å². The van der Waals surface area contributed by atoms with Crippen molar-refractivity contribution in [1.29, 1.82) is 0 Å². The summed E-state index contributed by atoms with van der Waals surface area (Å²) in [7, 11) is 0. The van der Waals surface area contributed by atoms with Gasteiger partial charge in [0.15, 0.2) is 6.61 Å². The highest BCUT2D eigenvalue weighted by atomic mass is 32.2. The second-order valence-corrected chi connectivity index (χ2v) is 6.36. The summed E-state index contributed by atoms with van der Waals surface area (Å²) in [5.74, 6) is -0.150. The zero-order valence-electron chi connectivity index (χ0n) is 14.7. The van der Waals surface area contributed by atoms with Crippen LogP contribution in [0.3, 0.4) is 0 Å². The van der Waals surface area contributed by atoms with Crippen molar-refractivity contribution in [2.75, 3.05) is 11.3 Å². The Labute approximate surface area is 159 Å². The Bertz CT molecular complexity index is 783. The molecule has 2 amide bonds. The molecule has 0 saturated heterocycles. The zero-order chi connectivity index (χ0) is 19.6. The van der Waals surface area contributed by atoms with Crippen LogP contribution in [0.2, 0.25) is 0 Å². The molecule has 0 heterocycles. The number of para-hydroxylation sites is 1. The molecule has 4 N–H and O–H groups in total. The molecule has 27 heavy (non-hydrogen) atoms. The smallest absolute Gasteiger partial charge is 0.259 e. The molecule has 2 atom stereocenters. The Kier molecular flexibility index (Phi) is 7.78. The lowest BCUT2D eigenvalue weighted by atomic mass is 10.2. The summed E-state index contributed by atoms with van der Waals surface area (Å²) in [6.45, 7) is 1.67. The fourth-order valence-corrected chi connectivity index (χ4v) is 2.49. The highest BCUT2D eigenvalue weighted by molar-refractivity contribution is 7.80. The normalized spacial score (nSPS) is 12.5. The van der Waals surface area contributed by atoms with Crippen molar-refractivity contribution in [2.24, 2.45) is 0 Å². The lowest BCUT2D eigenvalue weighted by molar-refractivity contribution is -0.129. The van der Waals surface area contributed by atoms with Gasteiger partial charge in [0.2, 0.25) is 5.91 Å². The summed E-state index contributed by atoms with van der Waals surface area (Å²) in [4.78, 5) is 23.9. The van der Waals surface area contributed by atoms with Gasteiger partial charge in [0.05, 0.1) is 0 Å². The van der Waals surface area contributed by atoms with Crippen molar-refractivity contribution in [3.63, 3.8) is 0 Å². The molecule has 2 aromatic carbocycles. The Hall–Kier alpha value is -2.91. The van der Waals surface area contributed by atoms with Gasteiger partial charge in [-0.3, -0.25) is 18.9 Å². The first kappa shape index (κ1) is 20.4. The van der Waals surface area contributed by atoms with Gasteiger partial charge < -0.3 is 15.4 Å². The van der Waals surface area contributed by atoms with E-state index in [0.29, 0.717) is 11.4 Å². The van der Waals surface area contributed by atoms with Crippen molar-refractivity contribution in [3.8, 4) is 5.75 Å². The molecular formula is C18H21N3O5S. The monoisotopic (exact) mass is 391 g/mol. The van der Waals surface area contributed by atoms with E-state index >= 15 is 0 Å². The number of carbonyl (C=O) groups is 2.